The number of hydrogen-bond acceptors (Lipinski definition) is 2. The molecule has 0 N–H and O–H groups in total. The fourth-order valence-corrected chi connectivity index (χ4v) is 0. The molecule has 0 heterocycles. The molecule has 0 aliphatic rings. The van der Waals surface area contributed by atoms with Gasteiger partial charge in [0.1, 0.15) is 0 Å². The summed E-state index contributed by atoms with van der Waals surface area (Å²) in [7, 11) is 1.45. The van der Waals surface area contributed by atoms with E-state index in [9.17, 15) is 0 Å². The van der Waals surface area contributed by atoms with Gasteiger partial charge in [-0.3, -0.25) is 0 Å². The Labute approximate surface area is 91.8 Å². The van der Waals surface area contributed by atoms with Crippen LogP contribution in [0.3, 0.4) is 0 Å². The molecule has 0 saturated carbocycles. The second-order valence-corrected chi connectivity index (χ2v) is 3.97. The van der Waals surface area contributed by atoms with E-state index >= 15 is 0 Å². The number of rotatable bonds is 0. The molecule has 0 nitrogen and oxygen atoms in total. The van der Waals surface area contributed by atoms with E-state index in [1.165, 1.54) is 8.50 Å². The Morgan fingerprint density at radius 3 is 1.33 bits per heavy atom. The zero-order chi connectivity index (χ0) is 2.71. The zero-order valence-electron chi connectivity index (χ0n) is 2.34. The standard InChI is InChI=1S/2Co.2Mo.H2S2/c;;;;1-2/h;;;;1-2H/q;;;+1;/p-1. The minimum Gasteiger partial charge on any atom is 0 e. The van der Waals surface area contributed by atoms with Crippen LogP contribution in [0.15, 0.2) is 0 Å². The molecule has 0 saturated heterocycles. The Morgan fingerprint density at radius 2 is 1.33 bits per heavy atom. The first-order valence-electron chi connectivity index (χ1n) is 0.349. The second-order valence-electron chi connectivity index (χ2n) is 0.0745. The average Bonchev–Trinajstić information content (AvgIpc) is 0.918. The van der Waals surface area contributed by atoms with Gasteiger partial charge in [-0.15, -0.1) is 0 Å². The topological polar surface area (TPSA) is 0 Å². The molecule has 43 valence electrons. The van der Waals surface area contributed by atoms with E-state index in [0.29, 0.717) is 0 Å². The van der Waals surface area contributed by atoms with Crippen LogP contribution in [0.25, 0.3) is 0 Å². The molecule has 6 heteroatoms. The molecule has 0 spiro atoms. The van der Waals surface area contributed by atoms with Crippen molar-refractivity contribution < 1.29 is 73.2 Å². The van der Waals surface area contributed by atoms with Crippen molar-refractivity contribution >= 4 is 20.2 Å². The molecule has 2 radical (unpaired) electrons. The third-order valence-corrected chi connectivity index (χ3v) is 0. The molecule has 0 fully saturated rings. The summed E-state index contributed by atoms with van der Waals surface area (Å²) in [4.78, 5) is 0. The SMILES string of the molecule is S[S][Mo].[Co].[Co].[Mo]. The van der Waals surface area contributed by atoms with Gasteiger partial charge in [0.25, 0.3) is 0 Å². The molecule has 0 amide bonds. The van der Waals surface area contributed by atoms with Crippen molar-refractivity contribution in [2.75, 3.05) is 0 Å². The molecule has 0 atom stereocenters. The molecule has 0 aromatic heterocycles. The van der Waals surface area contributed by atoms with Gasteiger partial charge >= 0.3 is 38.7 Å². The quantitative estimate of drug-likeness (QED) is 0.375. The summed E-state index contributed by atoms with van der Waals surface area (Å²) in [5.41, 5.74) is 0. The minimum atomic E-state index is 0. The van der Waals surface area contributed by atoms with Crippen LogP contribution in [-0.2, 0) is 73.2 Å². The fourth-order valence-electron chi connectivity index (χ4n) is 0. The van der Waals surface area contributed by atoms with Crippen LogP contribution >= 0.6 is 20.2 Å². The number of hydrogen-bond donors (Lipinski definition) is 1. The summed E-state index contributed by atoms with van der Waals surface area (Å²) in [6, 6.07) is 0. The van der Waals surface area contributed by atoms with Gasteiger partial charge in [0.05, 0.1) is 0 Å². The molecule has 0 aromatic carbocycles. The largest absolute Gasteiger partial charge is 0 e. The summed E-state index contributed by atoms with van der Waals surface area (Å²) in [5.74, 6) is 0. The fraction of sp³-hybridized carbons (Fsp3) is 0. The van der Waals surface area contributed by atoms with Crippen LogP contribution in [0, 0.1) is 0 Å². The first-order valence-corrected chi connectivity index (χ1v) is 4.60. The van der Waals surface area contributed by atoms with Gasteiger partial charge in [0.2, 0.25) is 0 Å². The van der Waals surface area contributed by atoms with E-state index in [0.717, 1.165) is 0 Å². The van der Waals surface area contributed by atoms with E-state index in [2.05, 4.69) is 11.7 Å². The minimum absolute atomic E-state index is 0. The maximum atomic E-state index is 3.71. The van der Waals surface area contributed by atoms with Crippen LogP contribution in [0.4, 0.5) is 0 Å². The van der Waals surface area contributed by atoms with Crippen molar-refractivity contribution in [2.45, 2.75) is 0 Å². The predicted octanol–water partition coefficient (Wildman–Crippen LogP) is 1.02. The second kappa shape index (κ2) is 24.3. The van der Waals surface area contributed by atoms with Crippen molar-refractivity contribution in [1.29, 1.82) is 0 Å². The Bertz CT molecular complexity index is 9.51. The normalized spacial score (nSPS) is 2.83. The number of thiol groups is 1. The zero-order valence-corrected chi connectivity index (χ0v) is 10.1. The van der Waals surface area contributed by atoms with Gasteiger partial charge < -0.3 is 0 Å². The van der Waals surface area contributed by atoms with E-state index < -0.39 is 0 Å². The Kier molecular flexibility index (Phi) is 93.0. The van der Waals surface area contributed by atoms with Crippen molar-refractivity contribution in [3.8, 4) is 0 Å². The third kappa shape index (κ3) is 27.5. The van der Waals surface area contributed by atoms with Gasteiger partial charge in [-0.25, -0.2) is 0 Å². The van der Waals surface area contributed by atoms with Crippen molar-refractivity contribution in [3.63, 3.8) is 0 Å². The molecule has 0 unspecified atom stereocenters. The van der Waals surface area contributed by atoms with Crippen molar-refractivity contribution in [1.82, 2.24) is 0 Å². The monoisotopic (exact) mass is 379 g/mol. The molecule has 0 rings (SSSR count). The molecule has 0 aromatic rings. The summed E-state index contributed by atoms with van der Waals surface area (Å²) >= 11 is 5.56. The van der Waals surface area contributed by atoms with Gasteiger partial charge in [-0.2, -0.15) is 0 Å². The Morgan fingerprint density at radius 1 is 1.33 bits per heavy atom. The van der Waals surface area contributed by atoms with Crippen LogP contribution in [0.2, 0.25) is 0 Å². The smallest absolute Gasteiger partial charge is 0 e. The van der Waals surface area contributed by atoms with E-state index in [4.69, 9.17) is 0 Å². The molecule has 6 heavy (non-hydrogen) atoms. The molecule has 0 bridgehead atoms. The third-order valence-electron chi connectivity index (χ3n) is 0. The van der Waals surface area contributed by atoms with Crippen LogP contribution in [-0.4, -0.2) is 0 Å². The molecule has 0 aliphatic carbocycles. The van der Waals surface area contributed by atoms with E-state index in [1.807, 2.05) is 18.5 Å². The van der Waals surface area contributed by atoms with Crippen LogP contribution in [0.1, 0.15) is 0 Å². The summed E-state index contributed by atoms with van der Waals surface area (Å²) in [6.07, 6.45) is 0. The molecular formula is HCo2Mo2S2. The van der Waals surface area contributed by atoms with Crippen molar-refractivity contribution in [3.05, 3.63) is 0 Å². The van der Waals surface area contributed by atoms with Crippen LogP contribution < -0.4 is 0 Å². The summed E-state index contributed by atoms with van der Waals surface area (Å²) in [6.45, 7) is 0. The maximum absolute atomic E-state index is 3.71. The first-order chi connectivity index (χ1) is 1.41. The summed E-state index contributed by atoms with van der Waals surface area (Å²) in [5, 5.41) is 0. The summed E-state index contributed by atoms with van der Waals surface area (Å²) < 4.78 is 0. The average molecular weight is 375 g/mol. The predicted molar refractivity (Wildman–Crippen MR) is 16.6 cm³/mol. The first kappa shape index (κ1) is 23.0. The van der Waals surface area contributed by atoms with Gasteiger partial charge in [0, 0.05) is 54.6 Å². The van der Waals surface area contributed by atoms with Gasteiger partial charge in [0.15, 0.2) is 0 Å². The Hall–Kier alpha value is 3.09. The molecule has 0 aliphatic heterocycles. The van der Waals surface area contributed by atoms with Crippen molar-refractivity contribution in [2.24, 2.45) is 0 Å². The van der Waals surface area contributed by atoms with E-state index in [-0.39, 0.29) is 54.6 Å². The van der Waals surface area contributed by atoms with Crippen LogP contribution in [0.5, 0.6) is 0 Å². The maximum Gasteiger partial charge on any atom is 0 e. The van der Waals surface area contributed by atoms with Gasteiger partial charge in [-0.05, 0) is 0 Å². The van der Waals surface area contributed by atoms with Gasteiger partial charge in [-0.1, -0.05) is 0 Å². The molecular weight excluding hydrogens is 374 g/mol. The Balaban J connectivity index is -0.00000000667. The van der Waals surface area contributed by atoms with E-state index in [1.54, 1.807) is 0 Å².